The minimum Gasteiger partial charge on any atom is -0.305 e. The summed E-state index contributed by atoms with van der Waals surface area (Å²) in [5.74, 6) is 0. The first kappa shape index (κ1) is 12.7. The molecule has 1 aromatic carbocycles. The number of hydrogen-bond donors (Lipinski definition) is 0. The highest BCUT2D eigenvalue weighted by Gasteiger charge is 2.26. The maximum atomic E-state index is 12.3. The summed E-state index contributed by atoms with van der Waals surface area (Å²) >= 11 is 5.82. The van der Waals surface area contributed by atoms with E-state index >= 15 is 0 Å². The molecule has 0 unspecified atom stereocenters. The molecule has 15 heavy (non-hydrogen) atoms. The van der Waals surface area contributed by atoms with Crippen LogP contribution in [0.25, 0.3) is 0 Å². The third-order valence-electron chi connectivity index (χ3n) is 1.72. The van der Waals surface area contributed by atoms with Crippen LogP contribution in [0.15, 0.2) is 24.3 Å². The Kier molecular flexibility index (Phi) is 4.81. The van der Waals surface area contributed by atoms with E-state index in [9.17, 15) is 4.57 Å². The quantitative estimate of drug-likeness (QED) is 0.751. The molecule has 0 bridgehead atoms. The van der Waals surface area contributed by atoms with Crippen LogP contribution in [0.3, 0.4) is 0 Å². The molecule has 1 aromatic rings. The Bertz CT molecular complexity index is 357. The Morgan fingerprint density at radius 1 is 1.27 bits per heavy atom. The largest absolute Gasteiger partial charge is 0.361 e. The zero-order valence-corrected chi connectivity index (χ0v) is 10.4. The van der Waals surface area contributed by atoms with Crippen molar-refractivity contribution in [3.8, 4) is 0 Å². The molecule has 0 aliphatic carbocycles. The van der Waals surface area contributed by atoms with E-state index in [2.05, 4.69) is 0 Å². The number of hydrogen-bond acceptors (Lipinski definition) is 3. The highest BCUT2D eigenvalue weighted by molar-refractivity contribution is 7.62. The molecule has 0 atom stereocenters. The van der Waals surface area contributed by atoms with Crippen LogP contribution in [0, 0.1) is 0 Å². The standard InChI is InChI=1S/C10H14ClO3P/c1-3-13-15(12,14-4-2)10-7-5-6-9(11)8-10/h5-8H,3-4H2,1-2H3. The summed E-state index contributed by atoms with van der Waals surface area (Å²) < 4.78 is 22.6. The molecule has 84 valence electrons. The highest BCUT2D eigenvalue weighted by atomic mass is 35.5. The van der Waals surface area contributed by atoms with Gasteiger partial charge in [-0.25, -0.2) is 0 Å². The molecule has 0 saturated carbocycles. The van der Waals surface area contributed by atoms with Gasteiger partial charge in [-0.2, -0.15) is 0 Å². The molecule has 5 heteroatoms. The van der Waals surface area contributed by atoms with Crippen molar-refractivity contribution in [1.29, 1.82) is 0 Å². The van der Waals surface area contributed by atoms with Gasteiger partial charge < -0.3 is 9.05 Å². The van der Waals surface area contributed by atoms with Gasteiger partial charge in [0, 0.05) is 5.02 Å². The Morgan fingerprint density at radius 2 is 1.87 bits per heavy atom. The van der Waals surface area contributed by atoms with Gasteiger partial charge in [0.2, 0.25) is 0 Å². The normalized spacial score (nSPS) is 11.7. The molecular formula is C10H14ClO3P. The molecule has 0 saturated heterocycles. The van der Waals surface area contributed by atoms with E-state index in [1.165, 1.54) is 0 Å². The van der Waals surface area contributed by atoms with Crippen LogP contribution in [0.4, 0.5) is 0 Å². The summed E-state index contributed by atoms with van der Waals surface area (Å²) in [6, 6.07) is 6.74. The molecule has 0 heterocycles. The van der Waals surface area contributed by atoms with Crippen LogP contribution < -0.4 is 5.30 Å². The fraction of sp³-hybridized carbons (Fsp3) is 0.400. The third kappa shape index (κ3) is 3.32. The average Bonchev–Trinajstić information content (AvgIpc) is 2.18. The predicted molar refractivity (Wildman–Crippen MR) is 61.9 cm³/mol. The Morgan fingerprint density at radius 3 is 2.33 bits per heavy atom. The van der Waals surface area contributed by atoms with Crippen LogP contribution in [0.2, 0.25) is 5.02 Å². The van der Waals surface area contributed by atoms with E-state index in [1.807, 2.05) is 0 Å². The van der Waals surface area contributed by atoms with E-state index in [4.69, 9.17) is 20.6 Å². The topological polar surface area (TPSA) is 35.5 Å². The second-order valence-electron chi connectivity index (χ2n) is 2.81. The Hall–Kier alpha value is -0.340. The second-order valence-corrected chi connectivity index (χ2v) is 5.28. The predicted octanol–water partition coefficient (Wildman–Crippen LogP) is 3.23. The van der Waals surface area contributed by atoms with Crippen molar-refractivity contribution in [3.05, 3.63) is 29.3 Å². The Labute approximate surface area is 94.9 Å². The number of rotatable bonds is 5. The first-order valence-electron chi connectivity index (χ1n) is 4.77. The fourth-order valence-corrected chi connectivity index (χ4v) is 3.06. The van der Waals surface area contributed by atoms with Gasteiger partial charge in [0.15, 0.2) is 0 Å². The van der Waals surface area contributed by atoms with Gasteiger partial charge >= 0.3 is 7.60 Å². The highest BCUT2D eigenvalue weighted by Crippen LogP contribution is 2.46. The van der Waals surface area contributed by atoms with Crippen molar-refractivity contribution in [2.75, 3.05) is 13.2 Å². The monoisotopic (exact) mass is 248 g/mol. The number of halogens is 1. The van der Waals surface area contributed by atoms with Gasteiger partial charge in [-0.1, -0.05) is 17.7 Å². The van der Waals surface area contributed by atoms with E-state index in [0.717, 1.165) is 0 Å². The van der Waals surface area contributed by atoms with Crippen LogP contribution in [0.5, 0.6) is 0 Å². The lowest BCUT2D eigenvalue weighted by Gasteiger charge is -2.16. The lowest BCUT2D eigenvalue weighted by molar-refractivity contribution is 0.230. The lowest BCUT2D eigenvalue weighted by atomic mass is 10.4. The van der Waals surface area contributed by atoms with Crippen molar-refractivity contribution >= 4 is 24.5 Å². The van der Waals surface area contributed by atoms with Crippen molar-refractivity contribution in [2.24, 2.45) is 0 Å². The molecule has 0 aromatic heterocycles. The average molecular weight is 249 g/mol. The zero-order chi connectivity index (χ0) is 11.3. The van der Waals surface area contributed by atoms with Gasteiger partial charge in [0.25, 0.3) is 0 Å². The summed E-state index contributed by atoms with van der Waals surface area (Å²) in [5, 5.41) is 1.02. The molecular weight excluding hydrogens is 235 g/mol. The first-order valence-corrected chi connectivity index (χ1v) is 6.69. The van der Waals surface area contributed by atoms with Crippen molar-refractivity contribution in [1.82, 2.24) is 0 Å². The molecule has 0 spiro atoms. The first-order chi connectivity index (χ1) is 7.12. The van der Waals surface area contributed by atoms with Gasteiger partial charge in [-0.3, -0.25) is 4.57 Å². The van der Waals surface area contributed by atoms with Crippen molar-refractivity contribution in [3.63, 3.8) is 0 Å². The maximum absolute atomic E-state index is 12.3. The summed E-state index contributed by atoms with van der Waals surface area (Å²) in [7, 11) is -3.18. The lowest BCUT2D eigenvalue weighted by Crippen LogP contribution is -2.10. The fourth-order valence-electron chi connectivity index (χ4n) is 1.17. The summed E-state index contributed by atoms with van der Waals surface area (Å²) in [5.41, 5.74) is 0. The van der Waals surface area contributed by atoms with Gasteiger partial charge in [0.05, 0.1) is 18.5 Å². The van der Waals surface area contributed by atoms with Crippen LogP contribution >= 0.6 is 19.2 Å². The molecule has 0 amide bonds. The second kappa shape index (κ2) is 5.66. The van der Waals surface area contributed by atoms with Gasteiger partial charge in [0.1, 0.15) is 0 Å². The smallest absolute Gasteiger partial charge is 0.305 e. The SMILES string of the molecule is CCOP(=O)(OCC)c1cccc(Cl)c1. The van der Waals surface area contributed by atoms with Crippen molar-refractivity contribution < 1.29 is 13.6 Å². The van der Waals surface area contributed by atoms with Crippen molar-refractivity contribution in [2.45, 2.75) is 13.8 Å². The molecule has 0 radical (unpaired) electrons. The third-order valence-corrected chi connectivity index (χ3v) is 4.06. The molecule has 0 fully saturated rings. The molecule has 0 aliphatic heterocycles. The van der Waals surface area contributed by atoms with Gasteiger partial charge in [-0.05, 0) is 32.0 Å². The number of benzene rings is 1. The van der Waals surface area contributed by atoms with E-state index in [-0.39, 0.29) is 0 Å². The minimum absolute atomic E-state index is 0.337. The summed E-state index contributed by atoms with van der Waals surface area (Å²) in [6.07, 6.45) is 0. The van der Waals surface area contributed by atoms with Gasteiger partial charge in [-0.15, -0.1) is 0 Å². The van der Waals surface area contributed by atoms with E-state index in [0.29, 0.717) is 23.5 Å². The summed E-state index contributed by atoms with van der Waals surface area (Å²) in [4.78, 5) is 0. The van der Waals surface area contributed by atoms with Crippen LogP contribution in [0.1, 0.15) is 13.8 Å². The van der Waals surface area contributed by atoms with Crippen LogP contribution in [-0.2, 0) is 13.6 Å². The summed E-state index contributed by atoms with van der Waals surface area (Å²) in [6.45, 7) is 4.22. The molecule has 1 rings (SSSR count). The van der Waals surface area contributed by atoms with E-state index < -0.39 is 7.60 Å². The van der Waals surface area contributed by atoms with Crippen LogP contribution in [-0.4, -0.2) is 13.2 Å². The zero-order valence-electron chi connectivity index (χ0n) is 8.77. The molecule has 0 aliphatic rings. The molecule has 0 N–H and O–H groups in total. The maximum Gasteiger partial charge on any atom is 0.361 e. The Balaban J connectivity index is 3.03. The minimum atomic E-state index is -3.18. The van der Waals surface area contributed by atoms with E-state index in [1.54, 1.807) is 38.1 Å². The molecule has 3 nitrogen and oxygen atoms in total.